The zero-order valence-electron chi connectivity index (χ0n) is 13.8. The number of oxazole rings is 1. The van der Waals surface area contributed by atoms with Crippen LogP contribution in [-0.4, -0.2) is 41.8 Å². The van der Waals surface area contributed by atoms with E-state index in [4.69, 9.17) is 4.42 Å². The molecule has 0 atom stereocenters. The highest BCUT2D eigenvalue weighted by atomic mass is 32.2. The fraction of sp³-hybridized carbons (Fsp3) is 0.214. The number of nitrogens with zero attached hydrogens (tertiary/aromatic N) is 3. The number of hydrogen-bond acceptors (Lipinski definition) is 8. The molecule has 3 heterocycles. The molecular weight excluding hydrogens is 427 g/mol. The Hall–Kier alpha value is -2.58. The largest absolute Gasteiger partial charge is 0.501 e. The van der Waals surface area contributed by atoms with E-state index in [0.29, 0.717) is 12.3 Å². The van der Waals surface area contributed by atoms with Gasteiger partial charge in [0.25, 0.3) is 20.0 Å². The van der Waals surface area contributed by atoms with Crippen molar-refractivity contribution in [3.8, 4) is 11.6 Å². The van der Waals surface area contributed by atoms with Crippen molar-refractivity contribution in [2.75, 3.05) is 0 Å². The van der Waals surface area contributed by atoms with Gasteiger partial charge in [-0.25, -0.2) is 18.4 Å². The number of alkyl halides is 3. The van der Waals surface area contributed by atoms with Crippen LogP contribution in [0.25, 0.3) is 22.8 Å². The van der Waals surface area contributed by atoms with Crippen molar-refractivity contribution in [3.63, 3.8) is 0 Å². The van der Waals surface area contributed by atoms with E-state index in [-0.39, 0.29) is 34.8 Å². The fourth-order valence-electron chi connectivity index (χ4n) is 2.43. The van der Waals surface area contributed by atoms with Gasteiger partial charge >= 0.3 is 5.51 Å². The average Bonchev–Trinajstić information content (AvgIpc) is 3.02. The van der Waals surface area contributed by atoms with Crippen LogP contribution in [0.15, 0.2) is 38.7 Å². The van der Waals surface area contributed by atoms with Crippen molar-refractivity contribution >= 4 is 31.2 Å². The van der Waals surface area contributed by atoms with Crippen molar-refractivity contribution < 1.29 is 39.0 Å². The van der Waals surface area contributed by atoms with Crippen molar-refractivity contribution in [1.29, 1.82) is 0 Å². The summed E-state index contributed by atoms with van der Waals surface area (Å²) in [6.45, 7) is 1.57. The van der Waals surface area contributed by atoms with E-state index in [9.17, 15) is 34.6 Å². The van der Waals surface area contributed by atoms with Crippen LogP contribution in [0.1, 0.15) is 12.5 Å². The van der Waals surface area contributed by atoms with Crippen LogP contribution in [-0.2, 0) is 26.4 Å². The lowest BCUT2D eigenvalue weighted by Gasteiger charge is -2.07. The van der Waals surface area contributed by atoms with E-state index < -0.39 is 35.3 Å². The van der Waals surface area contributed by atoms with Gasteiger partial charge in [-0.15, -0.1) is 0 Å². The highest BCUT2D eigenvalue weighted by Crippen LogP contribution is 2.33. The van der Waals surface area contributed by atoms with E-state index in [1.54, 1.807) is 6.92 Å². The Morgan fingerprint density at radius 3 is 2.43 bits per heavy atom. The van der Waals surface area contributed by atoms with Crippen LogP contribution >= 0.6 is 0 Å². The molecule has 0 aliphatic carbocycles. The van der Waals surface area contributed by atoms with Crippen molar-refractivity contribution in [1.82, 2.24) is 15.0 Å². The molecule has 3 aromatic heterocycles. The van der Waals surface area contributed by atoms with Gasteiger partial charge < -0.3 is 4.42 Å². The van der Waals surface area contributed by atoms with Gasteiger partial charge in [-0.05, 0) is 18.6 Å². The van der Waals surface area contributed by atoms with Crippen molar-refractivity contribution in [3.05, 3.63) is 30.1 Å². The predicted molar refractivity (Wildman–Crippen MR) is 87.5 cm³/mol. The topological polar surface area (TPSA) is 140 Å². The molecule has 9 nitrogen and oxygen atoms in total. The summed E-state index contributed by atoms with van der Waals surface area (Å²) in [5, 5.41) is 0. The summed E-state index contributed by atoms with van der Waals surface area (Å²) in [6.07, 6.45) is 1.64. The lowest BCUT2D eigenvalue weighted by atomic mass is 10.1. The molecule has 3 rings (SSSR count). The first kappa shape index (κ1) is 20.2. The van der Waals surface area contributed by atoms with Crippen molar-refractivity contribution in [2.24, 2.45) is 0 Å². The number of aromatic nitrogens is 3. The number of pyridine rings is 2. The van der Waals surface area contributed by atoms with E-state index in [0.717, 1.165) is 12.3 Å². The summed E-state index contributed by atoms with van der Waals surface area (Å²) in [5.74, 6) is -0.300. The Morgan fingerprint density at radius 2 is 1.86 bits per heavy atom. The van der Waals surface area contributed by atoms with E-state index >= 15 is 0 Å². The minimum atomic E-state index is -5.63. The van der Waals surface area contributed by atoms with Crippen LogP contribution < -0.4 is 0 Å². The lowest BCUT2D eigenvalue weighted by Crippen LogP contribution is -2.23. The normalized spacial score (nSPS) is 13.2. The van der Waals surface area contributed by atoms with Gasteiger partial charge in [0.1, 0.15) is 16.1 Å². The molecule has 0 fully saturated rings. The second-order valence-electron chi connectivity index (χ2n) is 5.43. The molecule has 0 amide bonds. The standard InChI is InChI=1S/C14H10F3N3O6S2/c1-2-8-10(28(23,24)25)3-4-18-11(8)13-20-9-5-7(6-19-12(9)26-13)27(21,22)14(15,16)17/h3-6H,2H2,1H3,(H,23,24,25). The molecule has 0 spiro atoms. The smallest absolute Gasteiger partial charge is 0.416 e. The Balaban J connectivity index is 2.20. The van der Waals surface area contributed by atoms with Gasteiger partial charge in [0.05, 0.1) is 11.1 Å². The Labute approximate surface area is 155 Å². The molecule has 0 radical (unpaired) electrons. The fourth-order valence-corrected chi connectivity index (χ4v) is 3.94. The second kappa shape index (κ2) is 6.49. The third-order valence-corrected chi connectivity index (χ3v) is 6.08. The highest BCUT2D eigenvalue weighted by molar-refractivity contribution is 7.92. The first-order valence-electron chi connectivity index (χ1n) is 7.40. The molecule has 0 aliphatic rings. The predicted octanol–water partition coefficient (Wildman–Crippen LogP) is 2.39. The molecule has 0 unspecified atom stereocenters. The zero-order chi connectivity index (χ0) is 20.9. The molecule has 0 saturated carbocycles. The Morgan fingerprint density at radius 1 is 1.18 bits per heavy atom. The summed E-state index contributed by atoms with van der Waals surface area (Å²) in [7, 11) is -10.2. The number of fused-ring (bicyclic) bond motifs is 1. The number of halogens is 3. The van der Waals surface area contributed by atoms with Crippen LogP contribution in [0.3, 0.4) is 0 Å². The van der Waals surface area contributed by atoms with Crippen LogP contribution in [0.2, 0.25) is 0 Å². The maximum absolute atomic E-state index is 12.7. The summed E-state index contributed by atoms with van der Waals surface area (Å²) in [4.78, 5) is 9.79. The minimum absolute atomic E-state index is 0.0553. The van der Waals surface area contributed by atoms with Crippen molar-refractivity contribution in [2.45, 2.75) is 28.6 Å². The summed E-state index contributed by atoms with van der Waals surface area (Å²) >= 11 is 0. The van der Waals surface area contributed by atoms with E-state index in [2.05, 4.69) is 15.0 Å². The third-order valence-electron chi connectivity index (χ3n) is 3.68. The van der Waals surface area contributed by atoms with Gasteiger partial charge in [-0.1, -0.05) is 6.92 Å². The van der Waals surface area contributed by atoms with Gasteiger partial charge in [-0.3, -0.25) is 9.54 Å². The molecule has 3 aromatic rings. The van der Waals surface area contributed by atoms with Gasteiger partial charge in [0, 0.05) is 11.8 Å². The molecule has 0 aliphatic heterocycles. The van der Waals surface area contributed by atoms with E-state index in [1.807, 2.05) is 0 Å². The number of hydrogen-bond donors (Lipinski definition) is 1. The van der Waals surface area contributed by atoms with Crippen LogP contribution in [0.5, 0.6) is 0 Å². The van der Waals surface area contributed by atoms with Crippen LogP contribution in [0.4, 0.5) is 13.2 Å². The minimum Gasteiger partial charge on any atom is -0.416 e. The van der Waals surface area contributed by atoms with Gasteiger partial charge in [0.2, 0.25) is 11.6 Å². The quantitative estimate of drug-likeness (QED) is 0.609. The molecule has 0 bridgehead atoms. The SMILES string of the molecule is CCc1c(S(=O)(=O)O)ccnc1-c1nc2cc(S(=O)(=O)C(F)(F)F)cnc2o1. The zero-order valence-corrected chi connectivity index (χ0v) is 15.4. The molecule has 28 heavy (non-hydrogen) atoms. The maximum atomic E-state index is 12.7. The summed E-state index contributed by atoms with van der Waals surface area (Å²) in [6, 6.07) is 1.70. The first-order chi connectivity index (χ1) is 12.9. The number of sulfone groups is 1. The highest BCUT2D eigenvalue weighted by Gasteiger charge is 2.47. The van der Waals surface area contributed by atoms with E-state index in [1.165, 1.54) is 0 Å². The third kappa shape index (κ3) is 3.33. The average molecular weight is 437 g/mol. The first-order valence-corrected chi connectivity index (χ1v) is 10.3. The molecule has 150 valence electrons. The van der Waals surface area contributed by atoms with Crippen LogP contribution in [0, 0.1) is 0 Å². The summed E-state index contributed by atoms with van der Waals surface area (Å²) in [5.41, 5.74) is -6.13. The molecule has 1 N–H and O–H groups in total. The molecule has 0 aromatic carbocycles. The molecular formula is C14H10F3N3O6S2. The Kier molecular flexibility index (Phi) is 4.68. The second-order valence-corrected chi connectivity index (χ2v) is 8.76. The lowest BCUT2D eigenvalue weighted by molar-refractivity contribution is -0.0436. The van der Waals surface area contributed by atoms with Gasteiger partial charge in [0.15, 0.2) is 0 Å². The number of rotatable bonds is 4. The summed E-state index contributed by atoms with van der Waals surface area (Å²) < 4.78 is 98.7. The Bertz CT molecular complexity index is 1280. The van der Waals surface area contributed by atoms with Gasteiger partial charge in [-0.2, -0.15) is 21.6 Å². The monoisotopic (exact) mass is 437 g/mol. The maximum Gasteiger partial charge on any atom is 0.501 e. The molecule has 14 heteroatoms. The molecule has 0 saturated heterocycles.